The summed E-state index contributed by atoms with van der Waals surface area (Å²) < 4.78 is 0. The third-order valence-corrected chi connectivity index (χ3v) is 4.20. The summed E-state index contributed by atoms with van der Waals surface area (Å²) in [5.41, 5.74) is 2.65. The van der Waals surface area contributed by atoms with E-state index in [0.29, 0.717) is 6.54 Å². The van der Waals surface area contributed by atoms with E-state index in [1.54, 1.807) is 0 Å². The van der Waals surface area contributed by atoms with Crippen LogP contribution in [0.25, 0.3) is 10.9 Å². The summed E-state index contributed by atoms with van der Waals surface area (Å²) in [4.78, 5) is 15.1. The Labute approximate surface area is 117 Å². The lowest BCUT2D eigenvalue weighted by Gasteiger charge is -2.16. The first kappa shape index (κ1) is 13.3. The van der Waals surface area contributed by atoms with Gasteiger partial charge >= 0.3 is 0 Å². The van der Waals surface area contributed by atoms with Crippen LogP contribution < -0.4 is 10.9 Å². The SMILES string of the molecule is Cc1cccc2cc(CNC3CCCC3O)c(=O)[nH]c12. The number of para-hydroxylation sites is 1. The van der Waals surface area contributed by atoms with Crippen molar-refractivity contribution in [1.29, 1.82) is 0 Å². The molecular formula is C16H20N2O2. The molecular weight excluding hydrogens is 252 g/mol. The third-order valence-electron chi connectivity index (χ3n) is 4.20. The van der Waals surface area contributed by atoms with Crippen LogP contribution in [0.1, 0.15) is 30.4 Å². The molecule has 3 rings (SSSR count). The minimum Gasteiger partial charge on any atom is -0.392 e. The van der Waals surface area contributed by atoms with Gasteiger partial charge in [0.25, 0.3) is 5.56 Å². The summed E-state index contributed by atoms with van der Waals surface area (Å²) in [6, 6.07) is 8.04. The van der Waals surface area contributed by atoms with Gasteiger partial charge in [-0.15, -0.1) is 0 Å². The van der Waals surface area contributed by atoms with E-state index in [2.05, 4.69) is 10.3 Å². The zero-order valence-electron chi connectivity index (χ0n) is 11.6. The van der Waals surface area contributed by atoms with Crippen LogP contribution in [0.15, 0.2) is 29.1 Å². The molecule has 4 heteroatoms. The normalized spacial score (nSPS) is 22.5. The van der Waals surface area contributed by atoms with Crippen LogP contribution >= 0.6 is 0 Å². The number of aromatic nitrogens is 1. The smallest absolute Gasteiger partial charge is 0.252 e. The predicted octanol–water partition coefficient (Wildman–Crippen LogP) is 1.84. The highest BCUT2D eigenvalue weighted by atomic mass is 16.3. The number of benzene rings is 1. The van der Waals surface area contributed by atoms with Gasteiger partial charge in [0.2, 0.25) is 0 Å². The second kappa shape index (κ2) is 5.38. The van der Waals surface area contributed by atoms with E-state index < -0.39 is 0 Å². The maximum atomic E-state index is 12.1. The third kappa shape index (κ3) is 2.49. The molecule has 1 aromatic heterocycles. The molecule has 20 heavy (non-hydrogen) atoms. The van der Waals surface area contributed by atoms with Crippen molar-refractivity contribution in [3.63, 3.8) is 0 Å². The molecule has 1 aliphatic carbocycles. The Morgan fingerprint density at radius 1 is 1.40 bits per heavy atom. The number of hydrogen-bond acceptors (Lipinski definition) is 3. The predicted molar refractivity (Wildman–Crippen MR) is 79.8 cm³/mol. The Kier molecular flexibility index (Phi) is 3.59. The van der Waals surface area contributed by atoms with E-state index in [0.717, 1.165) is 41.3 Å². The molecule has 3 N–H and O–H groups in total. The molecule has 0 aliphatic heterocycles. The van der Waals surface area contributed by atoms with E-state index in [4.69, 9.17) is 0 Å². The molecule has 0 spiro atoms. The molecule has 1 saturated carbocycles. The second-order valence-corrected chi connectivity index (χ2v) is 5.65. The zero-order valence-corrected chi connectivity index (χ0v) is 11.6. The van der Waals surface area contributed by atoms with Gasteiger partial charge in [-0.05, 0) is 43.2 Å². The number of aryl methyl sites for hydroxylation is 1. The van der Waals surface area contributed by atoms with Gasteiger partial charge in [-0.3, -0.25) is 4.79 Å². The van der Waals surface area contributed by atoms with Crippen molar-refractivity contribution in [2.75, 3.05) is 0 Å². The number of hydrogen-bond donors (Lipinski definition) is 3. The van der Waals surface area contributed by atoms with Gasteiger partial charge in [0, 0.05) is 18.2 Å². The van der Waals surface area contributed by atoms with Crippen LogP contribution in [0.2, 0.25) is 0 Å². The van der Waals surface area contributed by atoms with Gasteiger partial charge < -0.3 is 15.4 Å². The number of pyridine rings is 1. The minimum atomic E-state index is -0.281. The number of H-pyrrole nitrogens is 1. The van der Waals surface area contributed by atoms with Gasteiger partial charge in [0.05, 0.1) is 11.6 Å². The van der Waals surface area contributed by atoms with E-state index in [1.807, 2.05) is 31.2 Å². The molecule has 0 saturated heterocycles. The molecule has 106 valence electrons. The van der Waals surface area contributed by atoms with Gasteiger partial charge in [-0.25, -0.2) is 0 Å². The standard InChI is InChI=1S/C16H20N2O2/c1-10-4-2-5-11-8-12(16(20)18-15(10)11)9-17-13-6-3-7-14(13)19/h2,4-5,8,13-14,17,19H,3,6-7,9H2,1H3,(H,18,20). The van der Waals surface area contributed by atoms with Crippen LogP contribution in [0.4, 0.5) is 0 Å². The molecule has 1 fully saturated rings. The van der Waals surface area contributed by atoms with E-state index in [-0.39, 0.29) is 17.7 Å². The Hall–Kier alpha value is -1.65. The van der Waals surface area contributed by atoms with Gasteiger partial charge in [0.1, 0.15) is 0 Å². The molecule has 0 amide bonds. The molecule has 0 radical (unpaired) electrons. The number of aromatic amines is 1. The van der Waals surface area contributed by atoms with Crippen molar-refractivity contribution >= 4 is 10.9 Å². The van der Waals surface area contributed by atoms with Gasteiger partial charge in [-0.1, -0.05) is 18.2 Å². The largest absolute Gasteiger partial charge is 0.392 e. The molecule has 1 heterocycles. The number of aliphatic hydroxyl groups is 1. The molecule has 2 aromatic rings. The summed E-state index contributed by atoms with van der Waals surface area (Å²) in [5.74, 6) is 0. The Bertz CT molecular complexity index is 678. The summed E-state index contributed by atoms with van der Waals surface area (Å²) in [6.45, 7) is 2.49. The van der Waals surface area contributed by atoms with Crippen molar-refractivity contribution < 1.29 is 5.11 Å². The zero-order chi connectivity index (χ0) is 14.1. The monoisotopic (exact) mass is 272 g/mol. The minimum absolute atomic E-state index is 0.0493. The van der Waals surface area contributed by atoms with Crippen LogP contribution in [0, 0.1) is 6.92 Å². The fraction of sp³-hybridized carbons (Fsp3) is 0.438. The Morgan fingerprint density at radius 3 is 3.00 bits per heavy atom. The first-order chi connectivity index (χ1) is 9.65. The lowest BCUT2D eigenvalue weighted by atomic mass is 10.1. The molecule has 0 bridgehead atoms. The Morgan fingerprint density at radius 2 is 2.25 bits per heavy atom. The first-order valence-electron chi connectivity index (χ1n) is 7.18. The lowest BCUT2D eigenvalue weighted by Crippen LogP contribution is -2.36. The number of fused-ring (bicyclic) bond motifs is 1. The van der Waals surface area contributed by atoms with E-state index in [1.165, 1.54) is 0 Å². The average molecular weight is 272 g/mol. The number of rotatable bonds is 3. The number of aliphatic hydroxyl groups excluding tert-OH is 1. The van der Waals surface area contributed by atoms with Crippen molar-refractivity contribution in [3.05, 3.63) is 45.7 Å². The van der Waals surface area contributed by atoms with E-state index >= 15 is 0 Å². The number of nitrogens with one attached hydrogen (secondary N) is 2. The summed E-state index contributed by atoms with van der Waals surface area (Å²) in [6.07, 6.45) is 2.60. The lowest BCUT2D eigenvalue weighted by molar-refractivity contribution is 0.148. The Balaban J connectivity index is 1.84. The fourth-order valence-corrected chi connectivity index (χ4v) is 2.98. The maximum Gasteiger partial charge on any atom is 0.252 e. The highest BCUT2D eigenvalue weighted by molar-refractivity contribution is 5.81. The van der Waals surface area contributed by atoms with Crippen molar-refractivity contribution in [2.24, 2.45) is 0 Å². The summed E-state index contributed by atoms with van der Waals surface area (Å²) >= 11 is 0. The first-order valence-corrected chi connectivity index (χ1v) is 7.18. The van der Waals surface area contributed by atoms with Crippen molar-refractivity contribution in [3.8, 4) is 0 Å². The quantitative estimate of drug-likeness (QED) is 0.799. The van der Waals surface area contributed by atoms with Crippen LogP contribution in [-0.2, 0) is 6.54 Å². The highest BCUT2D eigenvalue weighted by Gasteiger charge is 2.24. The van der Waals surface area contributed by atoms with Crippen LogP contribution in [0.5, 0.6) is 0 Å². The molecule has 1 aliphatic rings. The van der Waals surface area contributed by atoms with Gasteiger partial charge in [0.15, 0.2) is 0 Å². The van der Waals surface area contributed by atoms with Crippen LogP contribution in [0.3, 0.4) is 0 Å². The van der Waals surface area contributed by atoms with Gasteiger partial charge in [-0.2, -0.15) is 0 Å². The topological polar surface area (TPSA) is 65.1 Å². The van der Waals surface area contributed by atoms with Crippen molar-refractivity contribution in [1.82, 2.24) is 10.3 Å². The van der Waals surface area contributed by atoms with E-state index in [9.17, 15) is 9.90 Å². The highest BCUT2D eigenvalue weighted by Crippen LogP contribution is 2.19. The molecule has 1 aromatic carbocycles. The summed E-state index contributed by atoms with van der Waals surface area (Å²) in [5, 5.41) is 14.1. The molecule has 2 unspecified atom stereocenters. The second-order valence-electron chi connectivity index (χ2n) is 5.65. The summed E-state index contributed by atoms with van der Waals surface area (Å²) in [7, 11) is 0. The molecule has 4 nitrogen and oxygen atoms in total. The van der Waals surface area contributed by atoms with Crippen LogP contribution in [-0.4, -0.2) is 22.2 Å². The van der Waals surface area contributed by atoms with Crippen molar-refractivity contribution in [2.45, 2.75) is 44.9 Å². The average Bonchev–Trinajstić information content (AvgIpc) is 2.83. The fourth-order valence-electron chi connectivity index (χ4n) is 2.98. The molecule has 2 atom stereocenters. The maximum absolute atomic E-state index is 12.1.